The number of aromatic nitrogens is 1. The third kappa shape index (κ3) is 4.14. The zero-order chi connectivity index (χ0) is 18.7. The molecule has 1 aromatic carbocycles. The van der Waals surface area contributed by atoms with E-state index in [-0.39, 0.29) is 17.9 Å². The van der Waals surface area contributed by atoms with E-state index in [2.05, 4.69) is 10.3 Å². The van der Waals surface area contributed by atoms with E-state index in [9.17, 15) is 9.18 Å². The summed E-state index contributed by atoms with van der Waals surface area (Å²) in [7, 11) is 1.46. The predicted molar refractivity (Wildman–Crippen MR) is 99.8 cm³/mol. The predicted octanol–water partition coefficient (Wildman–Crippen LogP) is 4.01. The summed E-state index contributed by atoms with van der Waals surface area (Å²) in [6, 6.07) is 5.93. The van der Waals surface area contributed by atoms with Crippen molar-refractivity contribution >= 4 is 23.3 Å². The Hall–Kier alpha value is -2.18. The minimum Gasteiger partial charge on any atom is -0.496 e. The van der Waals surface area contributed by atoms with Gasteiger partial charge >= 0.3 is 0 Å². The van der Waals surface area contributed by atoms with E-state index in [0.717, 1.165) is 19.3 Å². The van der Waals surface area contributed by atoms with Crippen molar-refractivity contribution in [3.63, 3.8) is 0 Å². The van der Waals surface area contributed by atoms with Crippen LogP contribution in [0.3, 0.4) is 0 Å². The molecule has 0 radical (unpaired) electrons. The molecule has 0 spiro atoms. The van der Waals surface area contributed by atoms with Gasteiger partial charge in [0.15, 0.2) is 0 Å². The third-order valence-corrected chi connectivity index (χ3v) is 4.95. The Labute approximate surface area is 156 Å². The molecule has 3 rings (SSSR count). The lowest BCUT2D eigenvalue weighted by atomic mass is 9.85. The van der Waals surface area contributed by atoms with Crippen LogP contribution in [0.5, 0.6) is 5.75 Å². The molecular formula is C19H21ClFN3O2. The second kappa shape index (κ2) is 8.01. The second-order valence-electron chi connectivity index (χ2n) is 6.51. The summed E-state index contributed by atoms with van der Waals surface area (Å²) in [5, 5.41) is 3.22. The smallest absolute Gasteiger partial charge is 0.228 e. The fourth-order valence-electron chi connectivity index (χ4n) is 3.30. The molecule has 0 saturated heterocycles. The number of nitrogens with zero attached hydrogens (tertiary/aromatic N) is 1. The Morgan fingerprint density at radius 3 is 2.88 bits per heavy atom. The highest BCUT2D eigenvalue weighted by atomic mass is 35.5. The van der Waals surface area contributed by atoms with Crippen LogP contribution >= 0.6 is 11.6 Å². The average molecular weight is 378 g/mol. The van der Waals surface area contributed by atoms with Gasteiger partial charge in [0, 0.05) is 35.3 Å². The Balaban J connectivity index is 1.85. The first-order valence-electron chi connectivity index (χ1n) is 8.54. The summed E-state index contributed by atoms with van der Waals surface area (Å²) in [5.41, 5.74) is 7.19. The van der Waals surface area contributed by atoms with Gasteiger partial charge in [-0.1, -0.05) is 18.0 Å². The number of rotatable bonds is 4. The van der Waals surface area contributed by atoms with Gasteiger partial charge in [-0.2, -0.15) is 0 Å². The number of carbonyl (C=O) groups is 1. The second-order valence-corrected chi connectivity index (χ2v) is 6.91. The van der Waals surface area contributed by atoms with Gasteiger partial charge in [-0.15, -0.1) is 0 Å². The van der Waals surface area contributed by atoms with Crippen LogP contribution in [0.4, 0.5) is 10.2 Å². The quantitative estimate of drug-likeness (QED) is 0.844. The average Bonchev–Trinajstić information content (AvgIpc) is 2.63. The van der Waals surface area contributed by atoms with Gasteiger partial charge in [0.25, 0.3) is 0 Å². The molecule has 26 heavy (non-hydrogen) atoms. The zero-order valence-corrected chi connectivity index (χ0v) is 15.2. The van der Waals surface area contributed by atoms with Crippen LogP contribution in [-0.2, 0) is 4.79 Å². The monoisotopic (exact) mass is 377 g/mol. The van der Waals surface area contributed by atoms with Crippen molar-refractivity contribution in [2.75, 3.05) is 12.4 Å². The molecule has 1 aromatic heterocycles. The van der Waals surface area contributed by atoms with Crippen LogP contribution in [0.25, 0.3) is 11.1 Å². The fourth-order valence-corrected chi connectivity index (χ4v) is 3.50. The molecule has 1 aliphatic carbocycles. The highest BCUT2D eigenvalue weighted by Gasteiger charge is 2.25. The largest absolute Gasteiger partial charge is 0.496 e. The number of hydrogen-bond donors (Lipinski definition) is 2. The van der Waals surface area contributed by atoms with E-state index in [1.807, 2.05) is 0 Å². The number of pyridine rings is 1. The SMILES string of the molecule is COc1cc(F)ccc1-c1cc(NC(=O)[C@H]2CCC[C@@H](N)C2)ncc1Cl. The number of nitrogens with two attached hydrogens (primary N) is 1. The van der Waals surface area contributed by atoms with Crippen LogP contribution in [0, 0.1) is 11.7 Å². The van der Waals surface area contributed by atoms with E-state index in [1.54, 1.807) is 12.1 Å². The lowest BCUT2D eigenvalue weighted by Crippen LogP contribution is -2.34. The van der Waals surface area contributed by atoms with Gasteiger partial charge in [-0.3, -0.25) is 4.79 Å². The highest BCUT2D eigenvalue weighted by Crippen LogP contribution is 2.36. The normalized spacial score (nSPS) is 19.8. The Morgan fingerprint density at radius 1 is 1.35 bits per heavy atom. The van der Waals surface area contributed by atoms with E-state index in [0.29, 0.717) is 34.1 Å². The minimum atomic E-state index is -0.405. The van der Waals surface area contributed by atoms with Crippen molar-refractivity contribution in [3.05, 3.63) is 41.3 Å². The number of halogens is 2. The zero-order valence-electron chi connectivity index (χ0n) is 14.5. The summed E-state index contributed by atoms with van der Waals surface area (Å²) in [6.45, 7) is 0. The highest BCUT2D eigenvalue weighted by molar-refractivity contribution is 6.33. The van der Waals surface area contributed by atoms with Gasteiger partial charge in [0.2, 0.25) is 5.91 Å². The number of ether oxygens (including phenoxy) is 1. The summed E-state index contributed by atoms with van der Waals surface area (Å²) in [6.07, 6.45) is 4.87. The summed E-state index contributed by atoms with van der Waals surface area (Å²) in [4.78, 5) is 16.7. The summed E-state index contributed by atoms with van der Waals surface area (Å²) in [5.74, 6) is 0.138. The third-order valence-electron chi connectivity index (χ3n) is 4.65. The van der Waals surface area contributed by atoms with Gasteiger partial charge in [0.1, 0.15) is 17.4 Å². The molecule has 1 heterocycles. The van der Waals surface area contributed by atoms with Crippen LogP contribution in [0.15, 0.2) is 30.5 Å². The topological polar surface area (TPSA) is 77.2 Å². The van der Waals surface area contributed by atoms with Gasteiger partial charge < -0.3 is 15.8 Å². The van der Waals surface area contributed by atoms with Crippen molar-refractivity contribution < 1.29 is 13.9 Å². The molecule has 0 aliphatic heterocycles. The maximum absolute atomic E-state index is 13.4. The number of amides is 1. The van der Waals surface area contributed by atoms with Gasteiger partial charge in [-0.05, 0) is 37.5 Å². The van der Waals surface area contributed by atoms with E-state index in [1.165, 1.54) is 25.4 Å². The van der Waals surface area contributed by atoms with E-state index < -0.39 is 5.82 Å². The first-order chi connectivity index (χ1) is 12.5. The van der Waals surface area contributed by atoms with Crippen molar-refractivity contribution in [1.82, 2.24) is 4.98 Å². The van der Waals surface area contributed by atoms with Crippen molar-refractivity contribution in [1.29, 1.82) is 0 Å². The molecule has 2 aromatic rings. The molecular weight excluding hydrogens is 357 g/mol. The fraction of sp³-hybridized carbons (Fsp3) is 0.368. The van der Waals surface area contributed by atoms with Crippen LogP contribution in [0.2, 0.25) is 5.02 Å². The van der Waals surface area contributed by atoms with Crippen LogP contribution in [0.1, 0.15) is 25.7 Å². The molecule has 0 bridgehead atoms. The molecule has 1 fully saturated rings. The number of anilines is 1. The number of carbonyl (C=O) groups excluding carboxylic acids is 1. The lowest BCUT2D eigenvalue weighted by molar-refractivity contribution is -0.120. The molecule has 5 nitrogen and oxygen atoms in total. The van der Waals surface area contributed by atoms with Crippen molar-refractivity contribution in [2.45, 2.75) is 31.7 Å². The first kappa shape index (κ1) is 18.6. The molecule has 1 saturated carbocycles. The van der Waals surface area contributed by atoms with Crippen molar-refractivity contribution in [3.8, 4) is 16.9 Å². The first-order valence-corrected chi connectivity index (χ1v) is 8.91. The Morgan fingerprint density at radius 2 is 2.15 bits per heavy atom. The molecule has 7 heteroatoms. The lowest BCUT2D eigenvalue weighted by Gasteiger charge is -2.25. The Bertz CT molecular complexity index is 815. The molecule has 138 valence electrons. The van der Waals surface area contributed by atoms with Crippen LogP contribution < -0.4 is 15.8 Å². The van der Waals surface area contributed by atoms with Gasteiger partial charge in [-0.25, -0.2) is 9.37 Å². The summed E-state index contributed by atoms with van der Waals surface area (Å²) < 4.78 is 18.7. The van der Waals surface area contributed by atoms with Crippen LogP contribution in [-0.4, -0.2) is 24.0 Å². The maximum Gasteiger partial charge on any atom is 0.228 e. The standard InChI is InChI=1S/C19H21ClFN3O2/c1-26-17-8-12(21)5-6-14(17)15-9-18(23-10-16(15)20)24-19(25)11-3-2-4-13(22)7-11/h5-6,8-11,13H,2-4,7,22H2,1H3,(H,23,24,25)/t11-,13+/m0/s1. The maximum atomic E-state index is 13.4. The van der Waals surface area contributed by atoms with Crippen molar-refractivity contribution in [2.24, 2.45) is 11.7 Å². The van der Waals surface area contributed by atoms with E-state index in [4.69, 9.17) is 22.1 Å². The molecule has 0 unspecified atom stereocenters. The number of nitrogens with one attached hydrogen (secondary N) is 1. The molecule has 1 amide bonds. The minimum absolute atomic E-state index is 0.0664. The number of hydrogen-bond acceptors (Lipinski definition) is 4. The molecule has 2 atom stereocenters. The molecule has 3 N–H and O–H groups in total. The number of benzene rings is 1. The van der Waals surface area contributed by atoms with E-state index >= 15 is 0 Å². The Kier molecular flexibility index (Phi) is 5.74. The molecule has 1 aliphatic rings. The summed E-state index contributed by atoms with van der Waals surface area (Å²) >= 11 is 6.26. The van der Waals surface area contributed by atoms with Gasteiger partial charge in [0.05, 0.1) is 12.1 Å². The number of methoxy groups -OCH3 is 1.